The number of anilines is 1. The third kappa shape index (κ3) is 3.37. The van der Waals surface area contributed by atoms with E-state index in [2.05, 4.69) is 21.9 Å². The number of imidazole rings is 1. The Morgan fingerprint density at radius 1 is 1.32 bits per heavy atom. The van der Waals surface area contributed by atoms with E-state index >= 15 is 0 Å². The van der Waals surface area contributed by atoms with Crippen molar-refractivity contribution in [1.29, 1.82) is 0 Å². The third-order valence-corrected chi connectivity index (χ3v) is 5.11. The van der Waals surface area contributed by atoms with Gasteiger partial charge in [-0.2, -0.15) is 0 Å². The number of ether oxygens (including phenoxy) is 2. The largest absolute Gasteiger partial charge is 0.382 e. The second kappa shape index (κ2) is 6.70. The molecule has 8 heteroatoms. The van der Waals surface area contributed by atoms with E-state index in [1.807, 2.05) is 6.20 Å². The second-order valence-electron chi connectivity index (χ2n) is 6.17. The molecule has 0 bridgehead atoms. The number of methoxy groups -OCH3 is 1. The number of benzene rings is 1. The maximum Gasteiger partial charge on any atom is 0.214 e. The fourth-order valence-corrected chi connectivity index (χ4v) is 3.96. The highest BCUT2D eigenvalue weighted by atomic mass is 32.1. The van der Waals surface area contributed by atoms with Crippen molar-refractivity contribution in [2.45, 2.75) is 19.1 Å². The van der Waals surface area contributed by atoms with Crippen LogP contribution in [0.1, 0.15) is 6.92 Å². The van der Waals surface area contributed by atoms with Crippen LogP contribution >= 0.6 is 11.3 Å². The van der Waals surface area contributed by atoms with Crippen LogP contribution < -0.4 is 4.90 Å². The summed E-state index contributed by atoms with van der Waals surface area (Å²) in [6.45, 7) is 4.17. The van der Waals surface area contributed by atoms with Crippen LogP contribution in [0.2, 0.25) is 0 Å². The van der Waals surface area contributed by atoms with E-state index in [1.165, 1.54) is 12.1 Å². The quantitative estimate of drug-likeness (QED) is 0.714. The Bertz CT molecular complexity index is 832. The van der Waals surface area contributed by atoms with E-state index in [0.717, 1.165) is 34.4 Å². The lowest BCUT2D eigenvalue weighted by atomic mass is 10.2. The van der Waals surface area contributed by atoms with Gasteiger partial charge in [-0.1, -0.05) is 11.3 Å². The van der Waals surface area contributed by atoms with Crippen molar-refractivity contribution in [1.82, 2.24) is 14.6 Å². The highest BCUT2D eigenvalue weighted by Crippen LogP contribution is 2.28. The molecular formula is C17H19FN4O2S. The highest BCUT2D eigenvalue weighted by molar-refractivity contribution is 7.20. The predicted octanol–water partition coefficient (Wildman–Crippen LogP) is 2.84. The number of hydrogen-bond donors (Lipinski definition) is 0. The van der Waals surface area contributed by atoms with Gasteiger partial charge in [-0.3, -0.25) is 0 Å². The molecule has 3 heterocycles. The zero-order valence-corrected chi connectivity index (χ0v) is 14.9. The Balaban J connectivity index is 1.57. The van der Waals surface area contributed by atoms with E-state index < -0.39 is 0 Å². The first-order valence-corrected chi connectivity index (χ1v) is 8.95. The second-order valence-corrected chi connectivity index (χ2v) is 7.11. The number of aromatic nitrogens is 3. The molecule has 1 aromatic carbocycles. The summed E-state index contributed by atoms with van der Waals surface area (Å²) < 4.78 is 25.9. The monoisotopic (exact) mass is 362 g/mol. The van der Waals surface area contributed by atoms with E-state index in [1.54, 1.807) is 35.1 Å². The molecule has 6 nitrogen and oxygen atoms in total. The summed E-state index contributed by atoms with van der Waals surface area (Å²) in [6, 6.07) is 6.32. The van der Waals surface area contributed by atoms with Crippen molar-refractivity contribution in [3.63, 3.8) is 0 Å². The van der Waals surface area contributed by atoms with Gasteiger partial charge in [-0.05, 0) is 31.2 Å². The molecule has 2 unspecified atom stereocenters. The standard InChI is InChI=1S/C17H19FN4O2S/c1-11-7-21(8-14(24-11)10-23-2)17-20-22-9-15(19-16(22)25-17)12-3-5-13(18)6-4-12/h3-6,9,11,14H,7-8,10H2,1-2H3. The summed E-state index contributed by atoms with van der Waals surface area (Å²) in [6.07, 6.45) is 2.04. The number of hydrogen-bond acceptors (Lipinski definition) is 6. The van der Waals surface area contributed by atoms with Crippen LogP contribution in [0.15, 0.2) is 30.5 Å². The van der Waals surface area contributed by atoms with E-state index in [0.29, 0.717) is 6.61 Å². The highest BCUT2D eigenvalue weighted by Gasteiger charge is 2.27. The molecule has 25 heavy (non-hydrogen) atoms. The molecule has 1 fully saturated rings. The first-order valence-electron chi connectivity index (χ1n) is 8.14. The van der Waals surface area contributed by atoms with Crippen molar-refractivity contribution in [3.05, 3.63) is 36.3 Å². The van der Waals surface area contributed by atoms with Crippen molar-refractivity contribution < 1.29 is 13.9 Å². The number of halogens is 1. The van der Waals surface area contributed by atoms with Crippen LogP contribution in [0.4, 0.5) is 9.52 Å². The van der Waals surface area contributed by atoms with Crippen LogP contribution in [0.5, 0.6) is 0 Å². The topological polar surface area (TPSA) is 51.9 Å². The summed E-state index contributed by atoms with van der Waals surface area (Å²) in [5.74, 6) is -0.253. The van der Waals surface area contributed by atoms with Gasteiger partial charge in [0.25, 0.3) is 0 Å². The van der Waals surface area contributed by atoms with Crippen LogP contribution in [0, 0.1) is 5.82 Å². The molecule has 1 aliphatic heterocycles. The molecule has 2 aromatic heterocycles. The van der Waals surface area contributed by atoms with Gasteiger partial charge in [0.1, 0.15) is 5.82 Å². The molecular weight excluding hydrogens is 343 g/mol. The van der Waals surface area contributed by atoms with Crippen LogP contribution in [-0.4, -0.2) is 53.6 Å². The van der Waals surface area contributed by atoms with Gasteiger partial charge in [0.2, 0.25) is 10.1 Å². The maximum atomic E-state index is 13.1. The minimum absolute atomic E-state index is 0.0414. The molecule has 0 aliphatic carbocycles. The summed E-state index contributed by atoms with van der Waals surface area (Å²) in [5, 5.41) is 5.58. The van der Waals surface area contributed by atoms with Crippen molar-refractivity contribution in [2.24, 2.45) is 0 Å². The zero-order valence-electron chi connectivity index (χ0n) is 14.1. The van der Waals surface area contributed by atoms with Gasteiger partial charge in [0.05, 0.1) is 30.7 Å². The minimum Gasteiger partial charge on any atom is -0.382 e. The first-order chi connectivity index (χ1) is 12.1. The molecule has 1 saturated heterocycles. The maximum absolute atomic E-state index is 13.1. The fourth-order valence-electron chi connectivity index (χ4n) is 3.06. The molecule has 0 saturated carbocycles. The molecule has 4 rings (SSSR count). The molecule has 3 aromatic rings. The lowest BCUT2D eigenvalue weighted by molar-refractivity contribution is -0.0511. The smallest absolute Gasteiger partial charge is 0.214 e. The fraction of sp³-hybridized carbons (Fsp3) is 0.412. The Labute approximate surface area is 148 Å². The SMILES string of the molecule is COCC1CN(c2nn3cc(-c4ccc(F)cc4)nc3s2)CC(C)O1. The number of nitrogens with zero attached hydrogens (tertiary/aromatic N) is 4. The van der Waals surface area contributed by atoms with E-state index in [4.69, 9.17) is 9.47 Å². The molecule has 132 valence electrons. The Morgan fingerprint density at radius 2 is 2.12 bits per heavy atom. The summed E-state index contributed by atoms with van der Waals surface area (Å²) >= 11 is 1.54. The zero-order chi connectivity index (χ0) is 17.4. The van der Waals surface area contributed by atoms with Gasteiger partial charge in [0.15, 0.2) is 0 Å². The van der Waals surface area contributed by atoms with Gasteiger partial charge in [-0.15, -0.1) is 5.10 Å². The average molecular weight is 362 g/mol. The summed E-state index contributed by atoms with van der Waals surface area (Å²) in [5.41, 5.74) is 1.67. The molecule has 1 aliphatic rings. The first kappa shape index (κ1) is 16.4. The third-order valence-electron chi connectivity index (χ3n) is 4.12. The number of rotatable bonds is 4. The van der Waals surface area contributed by atoms with Crippen LogP contribution in [0.3, 0.4) is 0 Å². The normalized spacial score (nSPS) is 21.2. The Kier molecular flexibility index (Phi) is 4.41. The molecule has 0 N–H and O–H groups in total. The van der Waals surface area contributed by atoms with Gasteiger partial charge in [-0.25, -0.2) is 13.9 Å². The van der Waals surface area contributed by atoms with Crippen molar-refractivity contribution >= 4 is 21.4 Å². The van der Waals surface area contributed by atoms with Gasteiger partial charge < -0.3 is 14.4 Å². The van der Waals surface area contributed by atoms with E-state index in [9.17, 15) is 4.39 Å². The number of morpholine rings is 1. The van der Waals surface area contributed by atoms with E-state index in [-0.39, 0.29) is 18.0 Å². The van der Waals surface area contributed by atoms with Crippen LogP contribution in [-0.2, 0) is 9.47 Å². The molecule has 0 spiro atoms. The number of fused-ring (bicyclic) bond motifs is 1. The summed E-state index contributed by atoms with van der Waals surface area (Å²) in [7, 11) is 1.68. The Hall–Kier alpha value is -2.03. The lowest BCUT2D eigenvalue weighted by Crippen LogP contribution is -2.48. The van der Waals surface area contributed by atoms with Crippen LogP contribution in [0.25, 0.3) is 16.2 Å². The molecule has 0 amide bonds. The predicted molar refractivity (Wildman–Crippen MR) is 94.7 cm³/mol. The molecule has 2 atom stereocenters. The molecule has 0 radical (unpaired) electrons. The minimum atomic E-state index is -0.253. The van der Waals surface area contributed by atoms with Gasteiger partial charge >= 0.3 is 0 Å². The Morgan fingerprint density at radius 3 is 2.84 bits per heavy atom. The van der Waals surface area contributed by atoms with Crippen molar-refractivity contribution in [3.8, 4) is 11.3 Å². The van der Waals surface area contributed by atoms with Gasteiger partial charge in [0, 0.05) is 25.8 Å². The average Bonchev–Trinajstić information content (AvgIpc) is 3.14. The summed E-state index contributed by atoms with van der Waals surface area (Å²) in [4.78, 5) is 7.65. The lowest BCUT2D eigenvalue weighted by Gasteiger charge is -2.36. The van der Waals surface area contributed by atoms with Crippen molar-refractivity contribution in [2.75, 3.05) is 31.7 Å².